The summed E-state index contributed by atoms with van der Waals surface area (Å²) in [6, 6.07) is 14.7. The predicted molar refractivity (Wildman–Crippen MR) is 121 cm³/mol. The van der Waals surface area contributed by atoms with E-state index in [1.165, 1.54) is 31.2 Å². The molecule has 10 heteroatoms. The Morgan fingerprint density at radius 2 is 1.78 bits per heavy atom. The van der Waals surface area contributed by atoms with Crippen LogP contribution in [0.4, 0.5) is 27.1 Å². The first-order valence-corrected chi connectivity index (χ1v) is 9.76. The third kappa shape index (κ3) is 5.58. The number of carbonyl (C=O) groups is 2. The third-order valence-electron chi connectivity index (χ3n) is 4.42. The van der Waals surface area contributed by atoms with Gasteiger partial charge in [0.2, 0.25) is 5.91 Å². The van der Waals surface area contributed by atoms with Gasteiger partial charge in [0.1, 0.15) is 11.5 Å². The maximum absolute atomic E-state index is 13.8. The zero-order valence-corrected chi connectivity index (χ0v) is 17.6. The highest BCUT2D eigenvalue weighted by atomic mass is 35.5. The van der Waals surface area contributed by atoms with Crippen LogP contribution in [-0.4, -0.2) is 16.7 Å². The highest BCUT2D eigenvalue weighted by Crippen LogP contribution is 2.28. The number of nitro benzene ring substituents is 1. The molecule has 3 aromatic rings. The van der Waals surface area contributed by atoms with Gasteiger partial charge in [-0.15, -0.1) is 0 Å². The monoisotopic (exact) mass is 456 g/mol. The van der Waals surface area contributed by atoms with Crippen molar-refractivity contribution >= 4 is 46.2 Å². The van der Waals surface area contributed by atoms with Crippen molar-refractivity contribution in [3.8, 4) is 0 Å². The second-order valence-electron chi connectivity index (χ2n) is 6.76. The van der Waals surface area contributed by atoms with E-state index < -0.39 is 22.6 Å². The van der Waals surface area contributed by atoms with Crippen LogP contribution in [0.2, 0.25) is 5.02 Å². The Kier molecular flexibility index (Phi) is 7.01. The Balaban J connectivity index is 1.79. The number of hydrogen-bond donors (Lipinski definition) is 3. The highest BCUT2D eigenvalue weighted by Gasteiger charge is 2.18. The van der Waals surface area contributed by atoms with E-state index in [1.807, 2.05) is 0 Å². The molecule has 2 amide bonds. The number of anilines is 3. The van der Waals surface area contributed by atoms with Gasteiger partial charge in [0.05, 0.1) is 10.6 Å². The van der Waals surface area contributed by atoms with Gasteiger partial charge in [0.15, 0.2) is 0 Å². The van der Waals surface area contributed by atoms with Crippen LogP contribution in [-0.2, 0) is 11.3 Å². The van der Waals surface area contributed by atoms with E-state index >= 15 is 0 Å². The molecule has 0 bridgehead atoms. The number of nitro groups is 1. The minimum Gasteiger partial charge on any atom is -0.375 e. The number of carbonyl (C=O) groups excluding carboxylic acids is 2. The molecule has 0 aliphatic carbocycles. The molecule has 0 fully saturated rings. The van der Waals surface area contributed by atoms with Gasteiger partial charge in [-0.2, -0.15) is 0 Å². The van der Waals surface area contributed by atoms with Crippen molar-refractivity contribution in [3.05, 3.63) is 92.7 Å². The number of halogens is 2. The molecule has 0 radical (unpaired) electrons. The Hall–Kier alpha value is -3.98. The van der Waals surface area contributed by atoms with E-state index in [0.29, 0.717) is 5.02 Å². The minimum absolute atomic E-state index is 0.0328. The van der Waals surface area contributed by atoms with Crippen molar-refractivity contribution in [3.63, 3.8) is 0 Å². The van der Waals surface area contributed by atoms with Crippen LogP contribution >= 0.6 is 11.6 Å². The van der Waals surface area contributed by atoms with Gasteiger partial charge < -0.3 is 16.0 Å². The molecule has 0 saturated heterocycles. The first-order valence-electron chi connectivity index (χ1n) is 9.39. The minimum atomic E-state index is -0.664. The molecule has 0 atom stereocenters. The Morgan fingerprint density at radius 1 is 1.03 bits per heavy atom. The van der Waals surface area contributed by atoms with Crippen LogP contribution in [0.3, 0.4) is 0 Å². The molecule has 164 valence electrons. The predicted octanol–water partition coefficient (Wildman–Crippen LogP) is 5.21. The Morgan fingerprint density at radius 3 is 2.47 bits per heavy atom. The number of nitrogens with zero attached hydrogens (tertiary/aromatic N) is 1. The normalized spacial score (nSPS) is 10.3. The smallest absolute Gasteiger partial charge is 0.293 e. The van der Waals surface area contributed by atoms with Crippen molar-refractivity contribution in [2.24, 2.45) is 0 Å². The number of hydrogen-bond acceptors (Lipinski definition) is 5. The highest BCUT2D eigenvalue weighted by molar-refractivity contribution is 6.31. The summed E-state index contributed by atoms with van der Waals surface area (Å²) in [5, 5.41) is 19.9. The maximum Gasteiger partial charge on any atom is 0.293 e. The SMILES string of the molecule is CC(=O)Nc1cc(NC(=O)c2ccc(NCc3ccccc3Cl)c([N+](=O)[O-])c2)ccc1F. The molecular weight excluding hydrogens is 439 g/mol. The summed E-state index contributed by atoms with van der Waals surface area (Å²) in [6.07, 6.45) is 0. The van der Waals surface area contributed by atoms with Crippen LogP contribution in [0.5, 0.6) is 0 Å². The molecule has 0 aliphatic heterocycles. The zero-order valence-electron chi connectivity index (χ0n) is 16.8. The van der Waals surface area contributed by atoms with Crippen LogP contribution in [0, 0.1) is 15.9 Å². The summed E-state index contributed by atoms with van der Waals surface area (Å²) >= 11 is 6.11. The molecule has 0 spiro atoms. The Bertz CT molecular complexity index is 1200. The van der Waals surface area contributed by atoms with Gasteiger partial charge in [-0.25, -0.2) is 4.39 Å². The summed E-state index contributed by atoms with van der Waals surface area (Å²) in [7, 11) is 0. The van der Waals surface area contributed by atoms with Crippen LogP contribution in [0.25, 0.3) is 0 Å². The Labute approximate surface area is 187 Å². The van der Waals surface area contributed by atoms with Crippen LogP contribution < -0.4 is 16.0 Å². The van der Waals surface area contributed by atoms with Crippen molar-refractivity contribution in [1.29, 1.82) is 0 Å². The van der Waals surface area contributed by atoms with Crippen molar-refractivity contribution in [2.45, 2.75) is 13.5 Å². The summed E-state index contributed by atoms with van der Waals surface area (Å²) in [5.41, 5.74) is 0.843. The number of amides is 2. The molecule has 0 heterocycles. The fraction of sp³-hybridized carbons (Fsp3) is 0.0909. The second-order valence-corrected chi connectivity index (χ2v) is 7.17. The zero-order chi connectivity index (χ0) is 23.3. The summed E-state index contributed by atoms with van der Waals surface area (Å²) in [5.74, 6) is -1.77. The average Bonchev–Trinajstić information content (AvgIpc) is 2.75. The van der Waals surface area contributed by atoms with E-state index in [-0.39, 0.29) is 34.9 Å². The fourth-order valence-electron chi connectivity index (χ4n) is 2.90. The lowest BCUT2D eigenvalue weighted by atomic mass is 10.1. The molecule has 32 heavy (non-hydrogen) atoms. The van der Waals surface area contributed by atoms with E-state index in [4.69, 9.17) is 11.6 Å². The molecule has 0 aromatic heterocycles. The lowest BCUT2D eigenvalue weighted by molar-refractivity contribution is -0.384. The first kappa shape index (κ1) is 22.7. The molecule has 0 aliphatic rings. The molecule has 0 unspecified atom stereocenters. The van der Waals surface area contributed by atoms with Crippen molar-refractivity contribution in [1.82, 2.24) is 0 Å². The lowest BCUT2D eigenvalue weighted by Crippen LogP contribution is -2.14. The molecule has 0 saturated carbocycles. The quantitative estimate of drug-likeness (QED) is 0.333. The fourth-order valence-corrected chi connectivity index (χ4v) is 3.10. The number of nitrogens with one attached hydrogen (secondary N) is 3. The van der Waals surface area contributed by atoms with Gasteiger partial charge in [-0.3, -0.25) is 19.7 Å². The van der Waals surface area contributed by atoms with E-state index in [1.54, 1.807) is 24.3 Å². The van der Waals surface area contributed by atoms with E-state index in [0.717, 1.165) is 17.7 Å². The first-order chi connectivity index (χ1) is 15.2. The lowest BCUT2D eigenvalue weighted by Gasteiger charge is -2.11. The number of benzene rings is 3. The summed E-state index contributed by atoms with van der Waals surface area (Å²) in [4.78, 5) is 34.7. The van der Waals surface area contributed by atoms with Gasteiger partial charge in [-0.05, 0) is 42.0 Å². The summed E-state index contributed by atoms with van der Waals surface area (Å²) < 4.78 is 13.8. The van der Waals surface area contributed by atoms with E-state index in [2.05, 4.69) is 16.0 Å². The third-order valence-corrected chi connectivity index (χ3v) is 4.79. The van der Waals surface area contributed by atoms with Gasteiger partial charge in [0, 0.05) is 35.8 Å². The van der Waals surface area contributed by atoms with Crippen LogP contribution in [0.15, 0.2) is 60.7 Å². The summed E-state index contributed by atoms with van der Waals surface area (Å²) in [6.45, 7) is 1.48. The number of rotatable bonds is 7. The van der Waals surface area contributed by atoms with Gasteiger partial charge >= 0.3 is 0 Å². The van der Waals surface area contributed by atoms with Gasteiger partial charge in [0.25, 0.3) is 11.6 Å². The average molecular weight is 457 g/mol. The molecule has 8 nitrogen and oxygen atoms in total. The van der Waals surface area contributed by atoms with Gasteiger partial charge in [-0.1, -0.05) is 29.8 Å². The van der Waals surface area contributed by atoms with Crippen LogP contribution in [0.1, 0.15) is 22.8 Å². The topological polar surface area (TPSA) is 113 Å². The van der Waals surface area contributed by atoms with Crippen molar-refractivity contribution in [2.75, 3.05) is 16.0 Å². The molecule has 3 N–H and O–H groups in total. The maximum atomic E-state index is 13.8. The molecular formula is C22H18ClFN4O4. The second kappa shape index (κ2) is 9.88. The van der Waals surface area contributed by atoms with Crippen molar-refractivity contribution < 1.29 is 18.9 Å². The molecule has 3 rings (SSSR count). The largest absolute Gasteiger partial charge is 0.375 e. The van der Waals surface area contributed by atoms with E-state index in [9.17, 15) is 24.1 Å². The molecule has 3 aromatic carbocycles. The standard InChI is InChI=1S/C22H18ClFN4O4/c1-13(29)26-20-11-16(7-8-18(20)24)27-22(30)14-6-9-19(21(10-14)28(31)32)25-12-15-4-2-3-5-17(15)23/h2-11,25H,12H2,1H3,(H,26,29)(H,27,30).